The Balaban J connectivity index is 1.66. The molecule has 0 unspecified atom stereocenters. The minimum Gasteiger partial charge on any atom is -0.508 e. The summed E-state index contributed by atoms with van der Waals surface area (Å²) in [5, 5.41) is 12.3. The summed E-state index contributed by atoms with van der Waals surface area (Å²) in [6, 6.07) is 11.6. The van der Waals surface area contributed by atoms with Crippen LogP contribution < -0.4 is 14.8 Å². The number of aryl methyl sites for hydroxylation is 1. The lowest BCUT2D eigenvalue weighted by atomic mass is 9.91. The van der Waals surface area contributed by atoms with Gasteiger partial charge in [0.05, 0.1) is 21.3 Å². The third-order valence-corrected chi connectivity index (χ3v) is 6.71. The first-order valence-electron chi connectivity index (χ1n) is 12.4. The molecule has 9 nitrogen and oxygen atoms in total. The van der Waals surface area contributed by atoms with Crippen LogP contribution in [0.1, 0.15) is 43.7 Å². The van der Waals surface area contributed by atoms with Crippen LogP contribution in [-0.4, -0.2) is 67.2 Å². The number of amides is 2. The molecule has 9 heteroatoms. The fraction of sp³-hybridized carbons (Fsp3) is 0.464. The molecule has 0 radical (unpaired) electrons. The predicted octanol–water partition coefficient (Wildman–Crippen LogP) is 3.01. The van der Waals surface area contributed by atoms with Crippen LogP contribution in [-0.2, 0) is 32.0 Å². The lowest BCUT2D eigenvalue weighted by Gasteiger charge is -2.32. The van der Waals surface area contributed by atoms with Crippen LogP contribution in [0, 0.1) is 0 Å². The highest BCUT2D eigenvalue weighted by atomic mass is 16.5. The predicted molar refractivity (Wildman–Crippen MR) is 138 cm³/mol. The molecule has 1 fully saturated rings. The van der Waals surface area contributed by atoms with Crippen molar-refractivity contribution in [2.24, 2.45) is 0 Å². The Morgan fingerprint density at radius 2 is 1.70 bits per heavy atom. The van der Waals surface area contributed by atoms with Gasteiger partial charge in [0, 0.05) is 19.4 Å². The normalized spacial score (nSPS) is 16.5. The van der Waals surface area contributed by atoms with Gasteiger partial charge in [-0.2, -0.15) is 0 Å². The van der Waals surface area contributed by atoms with Crippen molar-refractivity contribution in [3.8, 4) is 17.2 Å². The largest absolute Gasteiger partial charge is 0.508 e. The van der Waals surface area contributed by atoms with Crippen molar-refractivity contribution < 1.29 is 33.7 Å². The molecule has 0 spiro atoms. The van der Waals surface area contributed by atoms with E-state index in [1.807, 2.05) is 12.1 Å². The SMILES string of the molecule is COC(=O)[C@](C)(Cc1ccc(OC)c(OC)c1)NC(=O)[C@@H]1CCCN1C(=O)CCCc1ccc(O)cc1. The number of hydrogen-bond donors (Lipinski definition) is 2. The second-order valence-electron chi connectivity index (χ2n) is 9.44. The topological polar surface area (TPSA) is 114 Å². The number of phenols is 1. The zero-order valence-electron chi connectivity index (χ0n) is 21.9. The van der Waals surface area contributed by atoms with E-state index >= 15 is 0 Å². The monoisotopic (exact) mass is 512 g/mol. The van der Waals surface area contributed by atoms with Crippen LogP contribution >= 0.6 is 0 Å². The van der Waals surface area contributed by atoms with Crippen molar-refractivity contribution in [1.29, 1.82) is 0 Å². The summed E-state index contributed by atoms with van der Waals surface area (Å²) in [5.41, 5.74) is 0.437. The number of esters is 1. The number of methoxy groups -OCH3 is 3. The van der Waals surface area contributed by atoms with Gasteiger partial charge in [0.1, 0.15) is 17.3 Å². The molecule has 2 amide bonds. The van der Waals surface area contributed by atoms with E-state index in [9.17, 15) is 19.5 Å². The van der Waals surface area contributed by atoms with Crippen molar-refractivity contribution in [2.75, 3.05) is 27.9 Å². The Bertz CT molecular complexity index is 1100. The highest BCUT2D eigenvalue weighted by Crippen LogP contribution is 2.30. The third-order valence-electron chi connectivity index (χ3n) is 6.71. The van der Waals surface area contributed by atoms with E-state index in [-0.39, 0.29) is 24.0 Å². The number of benzene rings is 2. The zero-order chi connectivity index (χ0) is 27.0. The number of carbonyl (C=O) groups excluding carboxylic acids is 3. The summed E-state index contributed by atoms with van der Waals surface area (Å²) in [5.74, 6) is 0.226. The van der Waals surface area contributed by atoms with Crippen molar-refractivity contribution >= 4 is 17.8 Å². The maximum atomic E-state index is 13.4. The van der Waals surface area contributed by atoms with Crippen molar-refractivity contribution in [3.63, 3.8) is 0 Å². The van der Waals surface area contributed by atoms with E-state index in [1.54, 1.807) is 49.3 Å². The average molecular weight is 513 g/mol. The van der Waals surface area contributed by atoms with Crippen molar-refractivity contribution in [1.82, 2.24) is 10.2 Å². The Labute approximate surface area is 217 Å². The van der Waals surface area contributed by atoms with Gasteiger partial charge in [-0.1, -0.05) is 18.2 Å². The number of nitrogens with one attached hydrogen (secondary N) is 1. The van der Waals surface area contributed by atoms with Gasteiger partial charge in [0.15, 0.2) is 11.5 Å². The molecular weight excluding hydrogens is 476 g/mol. The maximum absolute atomic E-state index is 13.4. The molecule has 0 aliphatic carbocycles. The van der Waals surface area contributed by atoms with Crippen LogP contribution in [0.25, 0.3) is 0 Å². The summed E-state index contributed by atoms with van der Waals surface area (Å²) < 4.78 is 15.7. The van der Waals surface area contributed by atoms with Crippen molar-refractivity contribution in [2.45, 2.75) is 57.0 Å². The van der Waals surface area contributed by atoms with E-state index in [0.717, 1.165) is 11.1 Å². The fourth-order valence-electron chi connectivity index (χ4n) is 4.73. The minimum absolute atomic E-state index is 0.0870. The highest BCUT2D eigenvalue weighted by molar-refractivity contribution is 5.93. The Morgan fingerprint density at radius 1 is 1.03 bits per heavy atom. The number of aromatic hydroxyl groups is 1. The third kappa shape index (κ3) is 6.93. The fourth-order valence-corrected chi connectivity index (χ4v) is 4.73. The van der Waals surface area contributed by atoms with E-state index in [4.69, 9.17) is 14.2 Å². The van der Waals surface area contributed by atoms with Crippen LogP contribution in [0.2, 0.25) is 0 Å². The molecule has 0 saturated carbocycles. The minimum atomic E-state index is -1.35. The summed E-state index contributed by atoms with van der Waals surface area (Å²) in [6.45, 7) is 2.12. The number of carbonyl (C=O) groups is 3. The van der Waals surface area contributed by atoms with Gasteiger partial charge in [-0.25, -0.2) is 4.79 Å². The van der Waals surface area contributed by atoms with Gasteiger partial charge in [0.2, 0.25) is 11.8 Å². The lowest BCUT2D eigenvalue weighted by molar-refractivity contribution is -0.151. The van der Waals surface area contributed by atoms with Gasteiger partial charge in [-0.3, -0.25) is 9.59 Å². The van der Waals surface area contributed by atoms with E-state index in [2.05, 4.69) is 5.32 Å². The molecule has 1 aliphatic heterocycles. The number of hydrogen-bond acceptors (Lipinski definition) is 7. The van der Waals surface area contributed by atoms with E-state index < -0.39 is 17.6 Å². The number of rotatable bonds is 11. The molecule has 200 valence electrons. The standard InChI is InChI=1S/C28H36N2O7/c1-28(27(34)37-4,18-20-12-15-23(35-2)24(17-20)36-3)29-26(33)22-8-6-16-30(22)25(32)9-5-7-19-10-13-21(31)14-11-19/h10-15,17,22,31H,5-9,16,18H2,1-4H3,(H,29,33)/t22-,28-/m0/s1. The van der Waals surface area contributed by atoms with Gasteiger partial charge in [0.25, 0.3) is 0 Å². The number of phenolic OH excluding ortho intramolecular Hbond substituents is 1. The summed E-state index contributed by atoms with van der Waals surface area (Å²) in [6.07, 6.45) is 3.05. The lowest BCUT2D eigenvalue weighted by Crippen LogP contribution is -2.58. The molecule has 0 bridgehead atoms. The van der Waals surface area contributed by atoms with E-state index in [0.29, 0.717) is 50.1 Å². The van der Waals surface area contributed by atoms with Gasteiger partial charge < -0.3 is 29.5 Å². The first-order valence-corrected chi connectivity index (χ1v) is 12.4. The summed E-state index contributed by atoms with van der Waals surface area (Å²) in [7, 11) is 4.35. The smallest absolute Gasteiger partial charge is 0.331 e. The quantitative estimate of drug-likeness (QED) is 0.445. The Morgan fingerprint density at radius 3 is 2.35 bits per heavy atom. The average Bonchev–Trinajstić information content (AvgIpc) is 3.39. The van der Waals surface area contributed by atoms with Gasteiger partial charge in [-0.15, -0.1) is 0 Å². The Hall–Kier alpha value is -3.75. The molecule has 2 aromatic rings. The highest BCUT2D eigenvalue weighted by Gasteiger charge is 2.41. The maximum Gasteiger partial charge on any atom is 0.331 e. The summed E-state index contributed by atoms with van der Waals surface area (Å²) >= 11 is 0. The molecule has 2 atom stereocenters. The van der Waals surface area contributed by atoms with Gasteiger partial charge >= 0.3 is 5.97 Å². The van der Waals surface area contributed by atoms with Crippen LogP contribution in [0.5, 0.6) is 17.2 Å². The molecule has 1 saturated heterocycles. The number of likely N-dealkylation sites (tertiary alicyclic amines) is 1. The zero-order valence-corrected chi connectivity index (χ0v) is 21.9. The Kier molecular flexibility index (Phi) is 9.38. The second-order valence-corrected chi connectivity index (χ2v) is 9.44. The molecule has 1 heterocycles. The number of nitrogens with zero attached hydrogens (tertiary/aromatic N) is 1. The molecule has 37 heavy (non-hydrogen) atoms. The van der Waals surface area contributed by atoms with Crippen LogP contribution in [0.4, 0.5) is 0 Å². The molecule has 0 aromatic heterocycles. The summed E-state index contributed by atoms with van der Waals surface area (Å²) in [4.78, 5) is 40.7. The van der Waals surface area contributed by atoms with Crippen LogP contribution in [0.3, 0.4) is 0 Å². The van der Waals surface area contributed by atoms with Crippen molar-refractivity contribution in [3.05, 3.63) is 53.6 Å². The first kappa shape index (κ1) is 27.8. The molecule has 2 N–H and O–H groups in total. The first-order chi connectivity index (χ1) is 17.7. The van der Waals surface area contributed by atoms with E-state index in [1.165, 1.54) is 14.2 Å². The molecule has 2 aromatic carbocycles. The van der Waals surface area contributed by atoms with Crippen LogP contribution in [0.15, 0.2) is 42.5 Å². The molecule has 1 aliphatic rings. The molecule has 3 rings (SSSR count). The van der Waals surface area contributed by atoms with Gasteiger partial charge in [-0.05, 0) is 68.0 Å². The number of ether oxygens (including phenoxy) is 3. The molecular formula is C28H36N2O7. The second kappa shape index (κ2) is 12.5.